The highest BCUT2D eigenvalue weighted by Crippen LogP contribution is 2.32. The Balaban J connectivity index is 1.65. The first-order valence-corrected chi connectivity index (χ1v) is 12.6. The molecule has 1 saturated heterocycles. The van der Waals surface area contributed by atoms with Gasteiger partial charge in [-0.3, -0.25) is 9.00 Å². The largest absolute Gasteiger partial charge is 0.385 e. The molecule has 10 heteroatoms. The second-order valence-electron chi connectivity index (χ2n) is 8.85. The van der Waals surface area contributed by atoms with Crippen LogP contribution in [0.25, 0.3) is 0 Å². The maximum absolute atomic E-state index is 12.9. The lowest BCUT2D eigenvalue weighted by Crippen LogP contribution is -2.43. The van der Waals surface area contributed by atoms with Gasteiger partial charge in [0.05, 0.1) is 10.0 Å². The number of carbonyl (C=O) groups excluding carboxylic acids is 2. The van der Waals surface area contributed by atoms with Crippen LogP contribution in [-0.2, 0) is 22.1 Å². The van der Waals surface area contributed by atoms with Crippen LogP contribution >= 0.6 is 23.2 Å². The topological polar surface area (TPSA) is 98.7 Å². The molecule has 7 nitrogen and oxygen atoms in total. The van der Waals surface area contributed by atoms with E-state index < -0.39 is 33.7 Å². The van der Waals surface area contributed by atoms with Crippen molar-refractivity contribution in [2.45, 2.75) is 38.8 Å². The van der Waals surface area contributed by atoms with Gasteiger partial charge in [0.15, 0.2) is 0 Å². The minimum atomic E-state index is -1.43. The van der Waals surface area contributed by atoms with Crippen LogP contribution in [0.5, 0.6) is 0 Å². The Morgan fingerprint density at radius 3 is 2.42 bits per heavy atom. The second-order valence-corrected chi connectivity index (χ2v) is 11.3. The summed E-state index contributed by atoms with van der Waals surface area (Å²) in [6.45, 7) is 6.17. The zero-order valence-corrected chi connectivity index (χ0v) is 20.9. The molecule has 1 unspecified atom stereocenters. The lowest BCUT2D eigenvalue weighted by Gasteiger charge is -2.28. The molecule has 0 spiro atoms. The van der Waals surface area contributed by atoms with Gasteiger partial charge in [-0.15, -0.1) is 0 Å². The minimum Gasteiger partial charge on any atom is -0.385 e. The number of nitrogens with zero attached hydrogens (tertiary/aromatic N) is 1. The van der Waals surface area contributed by atoms with Crippen molar-refractivity contribution in [3.8, 4) is 0 Å². The van der Waals surface area contributed by atoms with Gasteiger partial charge >= 0.3 is 6.03 Å². The van der Waals surface area contributed by atoms with E-state index in [-0.39, 0.29) is 23.2 Å². The number of anilines is 1. The van der Waals surface area contributed by atoms with Crippen LogP contribution < -0.4 is 10.6 Å². The number of hydrogen-bond acceptors (Lipinski definition) is 4. The van der Waals surface area contributed by atoms with Crippen LogP contribution in [0.2, 0.25) is 10.0 Å². The molecule has 3 amide bonds. The van der Waals surface area contributed by atoms with E-state index in [9.17, 15) is 18.9 Å². The molecule has 3 atom stereocenters. The van der Waals surface area contributed by atoms with E-state index in [0.29, 0.717) is 22.8 Å². The maximum atomic E-state index is 12.9. The Bertz CT molecular complexity index is 1060. The van der Waals surface area contributed by atoms with Crippen LogP contribution in [0.4, 0.5) is 10.5 Å². The number of halogens is 2. The summed E-state index contributed by atoms with van der Waals surface area (Å²) in [5, 5.41) is 16.2. The van der Waals surface area contributed by atoms with Crippen LogP contribution in [0.1, 0.15) is 38.0 Å². The van der Waals surface area contributed by atoms with Gasteiger partial charge in [-0.25, -0.2) is 4.79 Å². The molecule has 1 heterocycles. The SMILES string of the molecule is CC(C)(C)C(=O)NCc1ccc(NC(=O)N2CCS(=O)[C@H]2[C@@H](O)c2ccc(Cl)c(Cl)c2)cc1. The molecule has 1 fully saturated rings. The third-order valence-corrected chi connectivity index (χ3v) is 7.64. The summed E-state index contributed by atoms with van der Waals surface area (Å²) in [6, 6.07) is 11.3. The lowest BCUT2D eigenvalue weighted by atomic mass is 9.95. The molecule has 3 N–H and O–H groups in total. The quantitative estimate of drug-likeness (QED) is 0.556. The number of amides is 3. The summed E-state index contributed by atoms with van der Waals surface area (Å²) in [5.41, 5.74) is 1.40. The Kier molecular flexibility index (Phi) is 8.05. The average Bonchev–Trinajstić information content (AvgIpc) is 3.15. The lowest BCUT2D eigenvalue weighted by molar-refractivity contribution is -0.128. The number of carbonyl (C=O) groups is 2. The van der Waals surface area contributed by atoms with Gasteiger partial charge in [-0.1, -0.05) is 62.2 Å². The highest BCUT2D eigenvalue weighted by molar-refractivity contribution is 7.85. The van der Waals surface area contributed by atoms with Crippen molar-refractivity contribution >= 4 is 51.6 Å². The average molecular weight is 512 g/mol. The molecular weight excluding hydrogens is 485 g/mol. The number of rotatable bonds is 5. The first kappa shape index (κ1) is 25.5. The number of urea groups is 1. The molecule has 2 aromatic rings. The third kappa shape index (κ3) is 6.26. The molecule has 0 aliphatic carbocycles. The van der Waals surface area contributed by atoms with E-state index in [4.69, 9.17) is 23.2 Å². The smallest absolute Gasteiger partial charge is 0.322 e. The maximum Gasteiger partial charge on any atom is 0.322 e. The fourth-order valence-electron chi connectivity index (χ4n) is 3.32. The summed E-state index contributed by atoms with van der Waals surface area (Å²) < 4.78 is 12.6. The van der Waals surface area contributed by atoms with Crippen molar-refractivity contribution in [2.24, 2.45) is 5.41 Å². The van der Waals surface area contributed by atoms with Gasteiger partial charge < -0.3 is 20.6 Å². The second kappa shape index (κ2) is 10.4. The van der Waals surface area contributed by atoms with E-state index in [1.165, 1.54) is 11.0 Å². The number of aliphatic hydroxyl groups is 1. The molecule has 1 aliphatic heterocycles. The molecule has 0 radical (unpaired) electrons. The Morgan fingerprint density at radius 2 is 1.82 bits per heavy atom. The summed E-state index contributed by atoms with van der Waals surface area (Å²) in [5.74, 6) is 0.219. The van der Waals surface area contributed by atoms with Gasteiger partial charge in [-0.2, -0.15) is 0 Å². The van der Waals surface area contributed by atoms with Crippen molar-refractivity contribution in [3.63, 3.8) is 0 Å². The number of nitrogens with one attached hydrogen (secondary N) is 2. The van der Waals surface area contributed by atoms with Crippen molar-refractivity contribution in [2.75, 3.05) is 17.6 Å². The van der Waals surface area contributed by atoms with E-state index in [1.54, 1.807) is 24.3 Å². The highest BCUT2D eigenvalue weighted by atomic mass is 35.5. The van der Waals surface area contributed by atoms with Crippen molar-refractivity contribution in [1.29, 1.82) is 0 Å². The molecule has 0 bridgehead atoms. The predicted molar refractivity (Wildman–Crippen MR) is 132 cm³/mol. The van der Waals surface area contributed by atoms with Gasteiger partial charge in [-0.05, 0) is 35.4 Å². The summed E-state index contributed by atoms with van der Waals surface area (Å²) >= 11 is 12.0. The zero-order chi connectivity index (χ0) is 24.3. The number of benzene rings is 2. The Morgan fingerprint density at radius 1 is 1.15 bits per heavy atom. The molecule has 2 aromatic carbocycles. The predicted octanol–water partition coefficient (Wildman–Crippen LogP) is 4.31. The fraction of sp³-hybridized carbons (Fsp3) is 0.391. The number of hydrogen-bond donors (Lipinski definition) is 3. The molecule has 178 valence electrons. The van der Waals surface area contributed by atoms with E-state index in [0.717, 1.165) is 5.56 Å². The van der Waals surface area contributed by atoms with Crippen molar-refractivity contribution in [3.05, 3.63) is 63.6 Å². The van der Waals surface area contributed by atoms with Gasteiger partial charge in [0.1, 0.15) is 11.5 Å². The third-order valence-electron chi connectivity index (χ3n) is 5.27. The van der Waals surface area contributed by atoms with Crippen LogP contribution in [0, 0.1) is 5.41 Å². The molecule has 33 heavy (non-hydrogen) atoms. The monoisotopic (exact) mass is 511 g/mol. The van der Waals surface area contributed by atoms with Gasteiger partial charge in [0, 0.05) is 40.7 Å². The van der Waals surface area contributed by atoms with E-state index >= 15 is 0 Å². The fourth-order valence-corrected chi connectivity index (χ4v) is 5.17. The van der Waals surface area contributed by atoms with Crippen molar-refractivity contribution < 1.29 is 18.9 Å². The van der Waals surface area contributed by atoms with Crippen LogP contribution in [0.3, 0.4) is 0 Å². The van der Waals surface area contributed by atoms with Gasteiger partial charge in [0.2, 0.25) is 5.91 Å². The van der Waals surface area contributed by atoms with Crippen LogP contribution in [0.15, 0.2) is 42.5 Å². The Hall–Kier alpha value is -2.13. The first-order chi connectivity index (χ1) is 15.5. The molecule has 3 rings (SSSR count). The number of aliphatic hydroxyl groups excluding tert-OH is 1. The summed E-state index contributed by atoms with van der Waals surface area (Å²) in [4.78, 5) is 26.3. The minimum absolute atomic E-state index is 0.0477. The molecule has 0 aromatic heterocycles. The zero-order valence-electron chi connectivity index (χ0n) is 18.6. The molecule has 0 saturated carbocycles. The summed E-state index contributed by atoms with van der Waals surface area (Å²) in [6.07, 6.45) is -1.18. The van der Waals surface area contributed by atoms with Crippen LogP contribution in [-0.4, -0.2) is 43.8 Å². The Labute approximate surface area is 205 Å². The standard InChI is InChI=1S/C23H27Cl2N3O4S/c1-23(2,3)21(30)26-13-14-4-7-16(8-5-14)27-22(31)28-10-11-33(32)20(28)19(29)15-6-9-17(24)18(25)12-15/h4-9,12,19-20,29H,10-11,13H2,1-3H3,(H,26,30)(H,27,31)/t19-,20-,33?/m0/s1. The van der Waals surface area contributed by atoms with Gasteiger partial charge in [0.25, 0.3) is 0 Å². The van der Waals surface area contributed by atoms with E-state index in [2.05, 4.69) is 10.6 Å². The molecule has 1 aliphatic rings. The highest BCUT2D eigenvalue weighted by Gasteiger charge is 2.40. The summed E-state index contributed by atoms with van der Waals surface area (Å²) in [7, 11) is -1.43. The first-order valence-electron chi connectivity index (χ1n) is 10.4. The molecular formula is C23H27Cl2N3O4S. The van der Waals surface area contributed by atoms with E-state index in [1.807, 2.05) is 32.9 Å². The van der Waals surface area contributed by atoms with Crippen molar-refractivity contribution in [1.82, 2.24) is 10.2 Å². The normalized spacial score (nSPS) is 19.3.